The van der Waals surface area contributed by atoms with Gasteiger partial charge in [0.05, 0.1) is 6.10 Å². The second-order valence-corrected chi connectivity index (χ2v) is 5.21. The number of rotatable bonds is 5. The van der Waals surface area contributed by atoms with E-state index in [1.165, 1.54) is 0 Å². The van der Waals surface area contributed by atoms with Crippen molar-refractivity contribution in [3.63, 3.8) is 0 Å². The quantitative estimate of drug-likeness (QED) is 0.899. The lowest BCUT2D eigenvalue weighted by Crippen LogP contribution is -2.43. The van der Waals surface area contributed by atoms with E-state index in [1.54, 1.807) is 0 Å². The minimum absolute atomic E-state index is 0.109. The molecule has 0 aromatic heterocycles. The number of ether oxygens (including phenoxy) is 1. The highest BCUT2D eigenvalue weighted by atomic mass is 16.5. The van der Waals surface area contributed by atoms with Gasteiger partial charge in [0.25, 0.3) is 5.91 Å². The summed E-state index contributed by atoms with van der Waals surface area (Å²) in [5.41, 5.74) is 1.77. The summed E-state index contributed by atoms with van der Waals surface area (Å²) in [5, 5.41) is 3.06. The summed E-state index contributed by atoms with van der Waals surface area (Å²) in [5.74, 6) is 0.109. The molecule has 4 heteroatoms. The molecule has 2 rings (SSSR count). The Kier molecular flexibility index (Phi) is 5.41. The van der Waals surface area contributed by atoms with Crippen LogP contribution in [0.1, 0.15) is 36.5 Å². The molecule has 1 saturated heterocycles. The monoisotopic (exact) mass is 276 g/mol. The van der Waals surface area contributed by atoms with Gasteiger partial charge in [-0.05, 0) is 43.5 Å². The second-order valence-electron chi connectivity index (χ2n) is 5.21. The van der Waals surface area contributed by atoms with Crippen molar-refractivity contribution >= 4 is 11.6 Å². The lowest BCUT2D eigenvalue weighted by atomic mass is 10.1. The maximum atomic E-state index is 12.5. The molecule has 0 radical (unpaired) electrons. The normalized spacial score (nSPS) is 18.9. The van der Waals surface area contributed by atoms with Crippen LogP contribution in [0.25, 0.3) is 0 Å². The Hall–Kier alpha value is -1.55. The van der Waals surface area contributed by atoms with Crippen LogP contribution in [-0.4, -0.2) is 43.7 Å². The largest absolute Gasteiger partial charge is 0.388 e. The first-order chi connectivity index (χ1) is 9.74. The van der Waals surface area contributed by atoms with Crippen LogP contribution in [0.2, 0.25) is 0 Å². The van der Waals surface area contributed by atoms with Gasteiger partial charge < -0.3 is 15.0 Å². The number of carbonyl (C=O) groups excluding carboxylic acids is 1. The Bertz CT molecular complexity index is 431. The van der Waals surface area contributed by atoms with Crippen molar-refractivity contribution in [1.29, 1.82) is 0 Å². The first-order valence-electron chi connectivity index (χ1n) is 7.43. The fourth-order valence-electron chi connectivity index (χ4n) is 2.51. The number of piperidine rings is 1. The molecule has 1 aromatic rings. The number of amides is 1. The highest BCUT2D eigenvalue weighted by Crippen LogP contribution is 2.17. The number of hydrogen-bond acceptors (Lipinski definition) is 3. The van der Waals surface area contributed by atoms with E-state index in [1.807, 2.05) is 36.2 Å². The molecule has 1 unspecified atom stereocenters. The highest BCUT2D eigenvalue weighted by Gasteiger charge is 2.24. The second kappa shape index (κ2) is 7.29. The Labute approximate surface area is 121 Å². The molecule has 1 fully saturated rings. The van der Waals surface area contributed by atoms with E-state index in [2.05, 4.69) is 12.2 Å². The summed E-state index contributed by atoms with van der Waals surface area (Å²) in [4.78, 5) is 14.4. The molecular formula is C16H24N2O2. The van der Waals surface area contributed by atoms with Gasteiger partial charge in [-0.2, -0.15) is 0 Å². The SMILES string of the molecule is CCCOC1CCCN(C(=O)c2ccc(NC)cc2)C1. The lowest BCUT2D eigenvalue weighted by molar-refractivity contribution is 0.00211. The molecule has 1 amide bonds. The molecule has 110 valence electrons. The average molecular weight is 276 g/mol. The van der Waals surface area contributed by atoms with E-state index < -0.39 is 0 Å². The molecule has 1 aromatic carbocycles. The summed E-state index contributed by atoms with van der Waals surface area (Å²) < 4.78 is 5.78. The van der Waals surface area contributed by atoms with Gasteiger partial charge in [0.2, 0.25) is 0 Å². The van der Waals surface area contributed by atoms with Crippen molar-refractivity contribution in [3.8, 4) is 0 Å². The van der Waals surface area contributed by atoms with Crippen LogP contribution < -0.4 is 5.32 Å². The van der Waals surface area contributed by atoms with Crippen molar-refractivity contribution in [2.24, 2.45) is 0 Å². The van der Waals surface area contributed by atoms with Crippen molar-refractivity contribution in [2.45, 2.75) is 32.3 Å². The van der Waals surface area contributed by atoms with Gasteiger partial charge >= 0.3 is 0 Å². The number of likely N-dealkylation sites (tertiary alicyclic amines) is 1. The molecule has 1 heterocycles. The number of hydrogen-bond donors (Lipinski definition) is 1. The predicted octanol–water partition coefficient (Wildman–Crippen LogP) is 2.76. The van der Waals surface area contributed by atoms with Gasteiger partial charge in [0.1, 0.15) is 0 Å². The minimum Gasteiger partial charge on any atom is -0.388 e. The molecule has 0 spiro atoms. The van der Waals surface area contributed by atoms with Crippen molar-refractivity contribution in [1.82, 2.24) is 4.90 Å². The van der Waals surface area contributed by atoms with Gasteiger partial charge in [-0.3, -0.25) is 4.79 Å². The Morgan fingerprint density at radius 1 is 1.40 bits per heavy atom. The molecule has 0 saturated carbocycles. The average Bonchev–Trinajstić information content (AvgIpc) is 2.52. The molecule has 0 bridgehead atoms. The van der Waals surface area contributed by atoms with E-state index in [0.717, 1.165) is 43.7 Å². The number of benzene rings is 1. The van der Waals surface area contributed by atoms with Crippen LogP contribution in [0.5, 0.6) is 0 Å². The summed E-state index contributed by atoms with van der Waals surface area (Å²) >= 11 is 0. The van der Waals surface area contributed by atoms with Crippen LogP contribution in [-0.2, 0) is 4.74 Å². The molecular weight excluding hydrogens is 252 g/mol. The predicted molar refractivity (Wildman–Crippen MR) is 81.2 cm³/mol. The zero-order chi connectivity index (χ0) is 14.4. The smallest absolute Gasteiger partial charge is 0.253 e. The molecule has 1 atom stereocenters. The molecule has 20 heavy (non-hydrogen) atoms. The topological polar surface area (TPSA) is 41.6 Å². The van der Waals surface area contributed by atoms with Crippen molar-refractivity contribution in [3.05, 3.63) is 29.8 Å². The summed E-state index contributed by atoms with van der Waals surface area (Å²) in [6.07, 6.45) is 3.30. The molecule has 1 N–H and O–H groups in total. The molecule has 1 aliphatic heterocycles. The van der Waals surface area contributed by atoms with E-state index in [-0.39, 0.29) is 12.0 Å². The maximum Gasteiger partial charge on any atom is 0.253 e. The number of nitrogens with zero attached hydrogens (tertiary/aromatic N) is 1. The van der Waals surface area contributed by atoms with E-state index >= 15 is 0 Å². The Morgan fingerprint density at radius 2 is 2.15 bits per heavy atom. The number of anilines is 1. The molecule has 4 nitrogen and oxygen atoms in total. The maximum absolute atomic E-state index is 12.5. The number of nitrogens with one attached hydrogen (secondary N) is 1. The third kappa shape index (κ3) is 3.73. The summed E-state index contributed by atoms with van der Waals surface area (Å²) in [6, 6.07) is 7.62. The zero-order valence-corrected chi connectivity index (χ0v) is 12.4. The first kappa shape index (κ1) is 14.9. The third-order valence-electron chi connectivity index (χ3n) is 3.64. The van der Waals surface area contributed by atoms with Crippen molar-refractivity contribution in [2.75, 3.05) is 32.1 Å². The Morgan fingerprint density at radius 3 is 2.80 bits per heavy atom. The van der Waals surface area contributed by atoms with Gasteiger partial charge in [-0.25, -0.2) is 0 Å². The van der Waals surface area contributed by atoms with Crippen LogP contribution >= 0.6 is 0 Å². The lowest BCUT2D eigenvalue weighted by Gasteiger charge is -2.32. The third-order valence-corrected chi connectivity index (χ3v) is 3.64. The molecule has 1 aliphatic rings. The zero-order valence-electron chi connectivity index (χ0n) is 12.4. The van der Waals surface area contributed by atoms with Crippen LogP contribution in [0.3, 0.4) is 0 Å². The minimum atomic E-state index is 0.109. The number of carbonyl (C=O) groups is 1. The van der Waals surface area contributed by atoms with Crippen molar-refractivity contribution < 1.29 is 9.53 Å². The van der Waals surface area contributed by atoms with Gasteiger partial charge in [0, 0.05) is 38.0 Å². The van der Waals surface area contributed by atoms with E-state index in [4.69, 9.17) is 4.74 Å². The fourth-order valence-corrected chi connectivity index (χ4v) is 2.51. The first-order valence-corrected chi connectivity index (χ1v) is 7.43. The van der Waals surface area contributed by atoms with E-state index in [0.29, 0.717) is 6.54 Å². The van der Waals surface area contributed by atoms with Gasteiger partial charge in [-0.1, -0.05) is 6.92 Å². The van der Waals surface area contributed by atoms with Crippen LogP contribution in [0.15, 0.2) is 24.3 Å². The van der Waals surface area contributed by atoms with Crippen LogP contribution in [0, 0.1) is 0 Å². The summed E-state index contributed by atoms with van der Waals surface area (Å²) in [7, 11) is 1.87. The standard InChI is InChI=1S/C16H24N2O2/c1-3-11-20-15-5-4-10-18(12-15)16(19)13-6-8-14(17-2)9-7-13/h6-9,15,17H,3-5,10-12H2,1-2H3. The summed E-state index contributed by atoms with van der Waals surface area (Å²) in [6.45, 7) is 4.43. The van der Waals surface area contributed by atoms with Gasteiger partial charge in [-0.15, -0.1) is 0 Å². The Balaban J connectivity index is 1.96. The molecule has 0 aliphatic carbocycles. The van der Waals surface area contributed by atoms with E-state index in [9.17, 15) is 4.79 Å². The van der Waals surface area contributed by atoms with Gasteiger partial charge in [0.15, 0.2) is 0 Å². The highest BCUT2D eigenvalue weighted by molar-refractivity contribution is 5.94. The van der Waals surface area contributed by atoms with Crippen LogP contribution in [0.4, 0.5) is 5.69 Å². The fraction of sp³-hybridized carbons (Fsp3) is 0.562.